The van der Waals surface area contributed by atoms with Gasteiger partial charge in [0.2, 0.25) is 5.91 Å². The normalized spacial score (nSPS) is 19.7. The van der Waals surface area contributed by atoms with Crippen molar-refractivity contribution in [1.29, 1.82) is 0 Å². The molecule has 3 nitrogen and oxygen atoms in total. The Labute approximate surface area is 115 Å². The standard InChI is InChI=1S/C16H24N2O/c1-12-7-6-8-14(11-12)13(2)18-15(19)16(17)9-4-3-5-10-16/h6-8,11,13H,3-5,9-10,17H2,1-2H3,(H,18,19)/t13-/m1/s1. The minimum Gasteiger partial charge on any atom is -0.348 e. The predicted octanol–water partition coefficient (Wildman–Crippen LogP) is 2.83. The second kappa shape index (κ2) is 5.74. The highest BCUT2D eigenvalue weighted by atomic mass is 16.2. The van der Waals surface area contributed by atoms with E-state index in [0.29, 0.717) is 0 Å². The molecule has 1 aromatic rings. The van der Waals surface area contributed by atoms with Crippen LogP contribution in [0.1, 0.15) is 56.2 Å². The maximum absolute atomic E-state index is 12.4. The van der Waals surface area contributed by atoms with Crippen molar-refractivity contribution in [2.75, 3.05) is 0 Å². The van der Waals surface area contributed by atoms with Crippen LogP contribution in [0.2, 0.25) is 0 Å². The van der Waals surface area contributed by atoms with E-state index in [1.165, 1.54) is 12.0 Å². The van der Waals surface area contributed by atoms with E-state index in [-0.39, 0.29) is 11.9 Å². The molecule has 1 amide bonds. The van der Waals surface area contributed by atoms with E-state index >= 15 is 0 Å². The van der Waals surface area contributed by atoms with Crippen molar-refractivity contribution in [3.8, 4) is 0 Å². The summed E-state index contributed by atoms with van der Waals surface area (Å²) in [5.41, 5.74) is 7.93. The first-order valence-corrected chi connectivity index (χ1v) is 7.18. The zero-order valence-electron chi connectivity index (χ0n) is 11.9. The van der Waals surface area contributed by atoms with Crippen molar-refractivity contribution in [2.45, 2.75) is 57.5 Å². The van der Waals surface area contributed by atoms with Gasteiger partial charge in [-0.3, -0.25) is 4.79 Å². The molecule has 3 heteroatoms. The summed E-state index contributed by atoms with van der Waals surface area (Å²) in [5.74, 6) is 0.00112. The Morgan fingerprint density at radius 3 is 2.63 bits per heavy atom. The van der Waals surface area contributed by atoms with Gasteiger partial charge >= 0.3 is 0 Å². The van der Waals surface area contributed by atoms with Gasteiger partial charge in [0.1, 0.15) is 0 Å². The van der Waals surface area contributed by atoms with E-state index < -0.39 is 5.54 Å². The number of nitrogens with one attached hydrogen (secondary N) is 1. The van der Waals surface area contributed by atoms with Crippen molar-refractivity contribution >= 4 is 5.91 Å². The van der Waals surface area contributed by atoms with Crippen LogP contribution in [0.5, 0.6) is 0 Å². The highest BCUT2D eigenvalue weighted by molar-refractivity contribution is 5.86. The monoisotopic (exact) mass is 260 g/mol. The molecule has 0 spiro atoms. The number of hydrogen-bond donors (Lipinski definition) is 2. The summed E-state index contributed by atoms with van der Waals surface area (Å²) in [7, 11) is 0. The Hall–Kier alpha value is -1.35. The van der Waals surface area contributed by atoms with Crippen molar-refractivity contribution in [1.82, 2.24) is 5.32 Å². The fraction of sp³-hybridized carbons (Fsp3) is 0.562. The Bertz CT molecular complexity index is 450. The van der Waals surface area contributed by atoms with Crippen LogP contribution < -0.4 is 11.1 Å². The first-order chi connectivity index (χ1) is 9.01. The van der Waals surface area contributed by atoms with Crippen LogP contribution in [0.3, 0.4) is 0 Å². The lowest BCUT2D eigenvalue weighted by molar-refractivity contribution is -0.128. The maximum atomic E-state index is 12.4. The van der Waals surface area contributed by atoms with Gasteiger partial charge in [0, 0.05) is 0 Å². The number of rotatable bonds is 3. The lowest BCUT2D eigenvalue weighted by atomic mass is 9.81. The first kappa shape index (κ1) is 14.1. The second-order valence-corrected chi connectivity index (χ2v) is 5.83. The average molecular weight is 260 g/mol. The van der Waals surface area contributed by atoms with Crippen LogP contribution >= 0.6 is 0 Å². The van der Waals surface area contributed by atoms with Gasteiger partial charge in [-0.1, -0.05) is 49.1 Å². The van der Waals surface area contributed by atoms with Crippen molar-refractivity contribution < 1.29 is 4.79 Å². The van der Waals surface area contributed by atoms with Crippen LogP contribution in [-0.4, -0.2) is 11.4 Å². The molecule has 0 aliphatic heterocycles. The number of carbonyl (C=O) groups is 1. The predicted molar refractivity (Wildman–Crippen MR) is 77.7 cm³/mol. The molecule has 0 radical (unpaired) electrons. The highest BCUT2D eigenvalue weighted by Gasteiger charge is 2.35. The van der Waals surface area contributed by atoms with Crippen LogP contribution in [0.4, 0.5) is 0 Å². The molecule has 0 unspecified atom stereocenters. The van der Waals surface area contributed by atoms with E-state index in [4.69, 9.17) is 5.73 Å². The summed E-state index contributed by atoms with van der Waals surface area (Å²) in [6, 6.07) is 8.24. The molecule has 0 saturated heterocycles. The third kappa shape index (κ3) is 3.35. The number of nitrogens with two attached hydrogens (primary N) is 1. The van der Waals surface area contributed by atoms with E-state index in [9.17, 15) is 4.79 Å². The quantitative estimate of drug-likeness (QED) is 0.878. The van der Waals surface area contributed by atoms with E-state index in [1.54, 1.807) is 0 Å². The minimum atomic E-state index is -0.656. The summed E-state index contributed by atoms with van der Waals surface area (Å²) in [6.45, 7) is 4.07. The molecule has 3 N–H and O–H groups in total. The van der Waals surface area contributed by atoms with Gasteiger partial charge in [-0.25, -0.2) is 0 Å². The van der Waals surface area contributed by atoms with Gasteiger partial charge < -0.3 is 11.1 Å². The zero-order chi connectivity index (χ0) is 13.9. The smallest absolute Gasteiger partial charge is 0.240 e. The average Bonchev–Trinajstić information content (AvgIpc) is 2.39. The number of amides is 1. The van der Waals surface area contributed by atoms with Crippen molar-refractivity contribution in [2.24, 2.45) is 5.73 Å². The van der Waals surface area contributed by atoms with Gasteiger partial charge in [0.25, 0.3) is 0 Å². The van der Waals surface area contributed by atoms with Gasteiger partial charge in [-0.2, -0.15) is 0 Å². The topological polar surface area (TPSA) is 55.1 Å². The second-order valence-electron chi connectivity index (χ2n) is 5.83. The molecule has 104 valence electrons. The van der Waals surface area contributed by atoms with Crippen LogP contribution in [-0.2, 0) is 4.79 Å². The molecule has 0 aromatic heterocycles. The van der Waals surface area contributed by atoms with E-state index in [2.05, 4.69) is 24.4 Å². The minimum absolute atomic E-state index is 0.00112. The molecule has 1 aromatic carbocycles. The van der Waals surface area contributed by atoms with Crippen LogP contribution in [0, 0.1) is 6.92 Å². The summed E-state index contributed by atoms with van der Waals surface area (Å²) in [6.07, 6.45) is 4.92. The molecule has 2 rings (SSSR count). The van der Waals surface area contributed by atoms with E-state index in [1.807, 2.05) is 19.1 Å². The molecular weight excluding hydrogens is 236 g/mol. The zero-order valence-corrected chi connectivity index (χ0v) is 11.9. The lowest BCUT2D eigenvalue weighted by Crippen LogP contribution is -2.55. The van der Waals surface area contributed by atoms with Gasteiger partial charge in [-0.15, -0.1) is 0 Å². The number of hydrogen-bond acceptors (Lipinski definition) is 2. The number of carbonyl (C=O) groups excluding carboxylic acids is 1. The Kier molecular flexibility index (Phi) is 4.25. The molecule has 1 aliphatic rings. The number of benzene rings is 1. The Morgan fingerprint density at radius 2 is 2.00 bits per heavy atom. The van der Waals surface area contributed by atoms with E-state index in [0.717, 1.165) is 31.2 Å². The van der Waals surface area contributed by atoms with Gasteiger partial charge in [-0.05, 0) is 32.3 Å². The molecular formula is C16H24N2O. The fourth-order valence-corrected chi connectivity index (χ4v) is 2.77. The third-order valence-electron chi connectivity index (χ3n) is 4.09. The first-order valence-electron chi connectivity index (χ1n) is 7.18. The molecule has 0 heterocycles. The summed E-state index contributed by atoms with van der Waals surface area (Å²) >= 11 is 0. The van der Waals surface area contributed by atoms with Gasteiger partial charge in [0.05, 0.1) is 11.6 Å². The summed E-state index contributed by atoms with van der Waals surface area (Å²) < 4.78 is 0. The molecule has 1 saturated carbocycles. The Balaban J connectivity index is 2.02. The van der Waals surface area contributed by atoms with Crippen molar-refractivity contribution in [3.05, 3.63) is 35.4 Å². The molecule has 1 atom stereocenters. The van der Waals surface area contributed by atoms with Crippen LogP contribution in [0.15, 0.2) is 24.3 Å². The SMILES string of the molecule is Cc1cccc([C@@H](C)NC(=O)C2(N)CCCCC2)c1. The maximum Gasteiger partial charge on any atom is 0.240 e. The summed E-state index contributed by atoms with van der Waals surface area (Å²) in [5, 5.41) is 3.07. The highest BCUT2D eigenvalue weighted by Crippen LogP contribution is 2.27. The molecule has 0 bridgehead atoms. The molecule has 1 fully saturated rings. The van der Waals surface area contributed by atoms with Gasteiger partial charge in [0.15, 0.2) is 0 Å². The third-order valence-corrected chi connectivity index (χ3v) is 4.09. The number of aryl methyl sites for hydroxylation is 1. The lowest BCUT2D eigenvalue weighted by Gasteiger charge is -2.33. The van der Waals surface area contributed by atoms with Crippen molar-refractivity contribution in [3.63, 3.8) is 0 Å². The largest absolute Gasteiger partial charge is 0.348 e. The Morgan fingerprint density at radius 1 is 1.32 bits per heavy atom. The molecule has 1 aliphatic carbocycles. The molecule has 19 heavy (non-hydrogen) atoms. The summed E-state index contributed by atoms with van der Waals surface area (Å²) in [4.78, 5) is 12.4. The van der Waals surface area contributed by atoms with Crippen LogP contribution in [0.25, 0.3) is 0 Å². The fourth-order valence-electron chi connectivity index (χ4n) is 2.77.